The molecule has 10 heteroatoms. The number of carboxylic acids is 1. The average molecular weight is 577 g/mol. The first-order valence-corrected chi connectivity index (χ1v) is 17.3. The first-order chi connectivity index (χ1) is 19.6. The van der Waals surface area contributed by atoms with E-state index < -0.39 is 15.0 Å². The van der Waals surface area contributed by atoms with Crippen LogP contribution in [0.1, 0.15) is 56.3 Å². The minimum Gasteiger partial charge on any atom is -0.547 e. The fourth-order valence-corrected chi connectivity index (χ4v) is 6.19. The van der Waals surface area contributed by atoms with E-state index in [0.29, 0.717) is 18.8 Å². The molecule has 4 rings (SSSR count). The molecule has 1 saturated heterocycles. The minimum atomic E-state index is -1.39. The molecule has 3 aromatic rings. The van der Waals surface area contributed by atoms with Gasteiger partial charge in [-0.1, -0.05) is 69.3 Å². The maximum absolute atomic E-state index is 11.0. The molecule has 0 bridgehead atoms. The normalized spacial score (nSPS) is 15.7. The Morgan fingerprint density at radius 1 is 1.12 bits per heavy atom. The summed E-state index contributed by atoms with van der Waals surface area (Å²) in [4.78, 5) is 16.0. The minimum absolute atomic E-state index is 0.0338. The summed E-state index contributed by atoms with van der Waals surface area (Å²) in [6, 6.07) is 15.1. The van der Waals surface area contributed by atoms with E-state index in [0.717, 1.165) is 44.0 Å². The van der Waals surface area contributed by atoms with Crippen molar-refractivity contribution in [2.24, 2.45) is 0 Å². The lowest BCUT2D eigenvalue weighted by molar-refractivity contribution is -0.137. The van der Waals surface area contributed by atoms with Crippen LogP contribution in [0.15, 0.2) is 55.1 Å². The second-order valence-electron chi connectivity index (χ2n) is 12.0. The van der Waals surface area contributed by atoms with Crippen molar-refractivity contribution < 1.29 is 14.3 Å². The van der Waals surface area contributed by atoms with E-state index in [1.165, 1.54) is 16.7 Å². The van der Waals surface area contributed by atoms with Gasteiger partial charge in [0.25, 0.3) is 0 Å². The Bertz CT molecular complexity index is 1310. The number of aryl methyl sites for hydroxylation is 1. The number of rotatable bonds is 12. The molecule has 1 atom stereocenters. The molecular weight excluding hydrogens is 532 g/mol. The van der Waals surface area contributed by atoms with Crippen LogP contribution in [0.3, 0.4) is 0 Å². The summed E-state index contributed by atoms with van der Waals surface area (Å²) in [5.74, 6) is 0.854. The van der Waals surface area contributed by atoms with Gasteiger partial charge in [0.1, 0.15) is 5.75 Å². The third kappa shape index (κ3) is 7.69. The van der Waals surface area contributed by atoms with Crippen molar-refractivity contribution in [1.29, 1.82) is 0 Å². The zero-order chi connectivity index (χ0) is 29.6. The van der Waals surface area contributed by atoms with Gasteiger partial charge in [-0.3, -0.25) is 14.6 Å². The van der Waals surface area contributed by atoms with E-state index in [1.807, 2.05) is 6.08 Å². The second-order valence-corrected chi connectivity index (χ2v) is 14.3. The number of aromatic nitrogens is 4. The van der Waals surface area contributed by atoms with Crippen LogP contribution >= 0.6 is 0 Å². The van der Waals surface area contributed by atoms with Crippen molar-refractivity contribution in [3.63, 3.8) is 0 Å². The Kier molecular flexibility index (Phi) is 10.1. The third-order valence-electron chi connectivity index (χ3n) is 7.44. The van der Waals surface area contributed by atoms with Crippen LogP contribution in [0, 0.1) is 0 Å². The quantitative estimate of drug-likeness (QED) is 0.244. The van der Waals surface area contributed by atoms with Gasteiger partial charge in [-0.05, 0) is 46.5 Å². The van der Waals surface area contributed by atoms with Crippen LogP contribution in [-0.2, 0) is 16.8 Å². The summed E-state index contributed by atoms with van der Waals surface area (Å²) < 4.78 is 8.41. The van der Waals surface area contributed by atoms with Crippen molar-refractivity contribution in [3.05, 3.63) is 71.8 Å². The smallest absolute Gasteiger partial charge is 0.303 e. The molecule has 1 fully saturated rings. The van der Waals surface area contributed by atoms with Gasteiger partial charge < -0.3 is 9.53 Å². The molecular formula is C31H44N6O3Si. The van der Waals surface area contributed by atoms with Gasteiger partial charge in [0, 0.05) is 56.8 Å². The predicted molar refractivity (Wildman–Crippen MR) is 165 cm³/mol. The molecule has 9 nitrogen and oxygen atoms in total. The highest BCUT2D eigenvalue weighted by Gasteiger charge is 2.31. The van der Waals surface area contributed by atoms with Crippen LogP contribution < -0.4 is 4.43 Å². The molecule has 0 spiro atoms. The maximum Gasteiger partial charge on any atom is 0.303 e. The first kappa shape index (κ1) is 30.6. The summed E-state index contributed by atoms with van der Waals surface area (Å²) >= 11 is 0. The summed E-state index contributed by atoms with van der Waals surface area (Å²) in [6.07, 6.45) is 2.53. The highest BCUT2D eigenvalue weighted by Crippen LogP contribution is 2.42. The Balaban J connectivity index is 1.73. The molecule has 0 saturated carbocycles. The van der Waals surface area contributed by atoms with E-state index in [1.54, 1.807) is 4.68 Å². The molecule has 1 N–H and O–H groups in total. The molecule has 0 radical (unpaired) electrons. The van der Waals surface area contributed by atoms with Crippen LogP contribution in [0.5, 0.6) is 5.75 Å². The van der Waals surface area contributed by atoms with Crippen LogP contribution in [0.4, 0.5) is 0 Å². The van der Waals surface area contributed by atoms with Gasteiger partial charge in [-0.2, -0.15) is 0 Å². The summed E-state index contributed by atoms with van der Waals surface area (Å²) in [5, 5.41) is 21.2. The van der Waals surface area contributed by atoms with E-state index in [4.69, 9.17) is 9.53 Å². The Hall–Kier alpha value is -3.34. The van der Waals surface area contributed by atoms with Crippen LogP contribution in [0.25, 0.3) is 11.4 Å². The molecule has 2 aromatic carbocycles. The maximum atomic E-state index is 11.0. The van der Waals surface area contributed by atoms with Gasteiger partial charge in [-0.15, -0.1) is 11.7 Å². The molecule has 1 unspecified atom stereocenters. The van der Waals surface area contributed by atoms with Crippen molar-refractivity contribution in [1.82, 2.24) is 30.0 Å². The number of carbonyl (C=O) groups is 1. The third-order valence-corrected chi connectivity index (χ3v) is 8.15. The van der Waals surface area contributed by atoms with E-state index >= 15 is 0 Å². The second kappa shape index (κ2) is 13.5. The van der Waals surface area contributed by atoms with Crippen molar-refractivity contribution in [3.8, 4) is 17.1 Å². The number of benzene rings is 2. The molecule has 220 valence electrons. The lowest BCUT2D eigenvalue weighted by Gasteiger charge is -2.40. The standard InChI is InChI=1S/C31H44N6O3Si/c1-7-17-35-19-21-36(22-20-35)28(25-10-8-11-26(31(2,3)4)29(25)40-41(5)6)23-13-15-24(16-14-23)30-32-33-34-37(30)18-9-12-27(38)39/h7-8,10-11,13-16,28,41H,1,9,12,17-22H2,2-6H3,(H,38,39). The van der Waals surface area contributed by atoms with Gasteiger partial charge >= 0.3 is 5.97 Å². The number of hydrogen-bond donors (Lipinski definition) is 1. The molecule has 2 heterocycles. The molecule has 41 heavy (non-hydrogen) atoms. The molecule has 1 aliphatic heterocycles. The SMILES string of the molecule is C=CCN1CCN(C(c2ccc(-c3nnnn3CCCC(=O)O)cc2)c2cccc(C(C)(C)C)c2O[SiH](C)C)CC1. The summed E-state index contributed by atoms with van der Waals surface area (Å²) in [7, 11) is -1.39. The lowest BCUT2D eigenvalue weighted by atomic mass is 9.83. The summed E-state index contributed by atoms with van der Waals surface area (Å²) in [6.45, 7) is 20.3. The van der Waals surface area contributed by atoms with E-state index in [2.05, 4.69) is 108 Å². The number of para-hydroxylation sites is 1. The zero-order valence-corrected chi connectivity index (χ0v) is 26.2. The highest BCUT2D eigenvalue weighted by molar-refractivity contribution is 6.49. The highest BCUT2D eigenvalue weighted by atomic mass is 28.3. The first-order valence-electron chi connectivity index (χ1n) is 14.5. The number of carboxylic acid groups (broad SMARTS) is 1. The Morgan fingerprint density at radius 2 is 1.83 bits per heavy atom. The number of aliphatic carboxylic acids is 1. The van der Waals surface area contributed by atoms with Gasteiger partial charge in [0.15, 0.2) is 5.82 Å². The van der Waals surface area contributed by atoms with Crippen molar-refractivity contribution >= 4 is 15.0 Å². The topological polar surface area (TPSA) is 96.6 Å². The van der Waals surface area contributed by atoms with Crippen molar-refractivity contribution in [2.75, 3.05) is 32.7 Å². The van der Waals surface area contributed by atoms with Crippen LogP contribution in [-0.4, -0.2) is 82.8 Å². The average Bonchev–Trinajstić information content (AvgIpc) is 3.38. The largest absolute Gasteiger partial charge is 0.547 e. The van der Waals surface area contributed by atoms with Crippen LogP contribution in [0.2, 0.25) is 13.1 Å². The van der Waals surface area contributed by atoms with Gasteiger partial charge in [0.05, 0.1) is 6.04 Å². The number of hydrogen-bond acceptors (Lipinski definition) is 7. The number of nitrogens with zero attached hydrogens (tertiary/aromatic N) is 6. The predicted octanol–water partition coefficient (Wildman–Crippen LogP) is 4.76. The fourth-order valence-electron chi connectivity index (χ4n) is 5.46. The molecule has 0 amide bonds. The van der Waals surface area contributed by atoms with Gasteiger partial charge in [-0.25, -0.2) is 4.68 Å². The van der Waals surface area contributed by atoms with Crippen molar-refractivity contribution in [2.45, 2.75) is 64.7 Å². The Labute approximate surface area is 245 Å². The van der Waals surface area contributed by atoms with Gasteiger partial charge in [0.2, 0.25) is 9.04 Å². The lowest BCUT2D eigenvalue weighted by Crippen LogP contribution is -2.47. The Morgan fingerprint density at radius 3 is 2.44 bits per heavy atom. The monoisotopic (exact) mass is 576 g/mol. The number of tetrazole rings is 1. The summed E-state index contributed by atoms with van der Waals surface area (Å²) in [5.41, 5.74) is 4.49. The zero-order valence-electron chi connectivity index (χ0n) is 25.1. The van der Waals surface area contributed by atoms with E-state index in [-0.39, 0.29) is 17.9 Å². The molecule has 0 aliphatic carbocycles. The molecule has 1 aromatic heterocycles. The fraction of sp³-hybridized carbons (Fsp3) is 0.484. The number of piperazine rings is 1. The van der Waals surface area contributed by atoms with E-state index in [9.17, 15) is 4.79 Å². The molecule has 1 aliphatic rings.